The molecule has 2 aromatic carbocycles. The van der Waals surface area contributed by atoms with Gasteiger partial charge in [-0.25, -0.2) is 9.97 Å². The molecule has 1 fully saturated rings. The first-order valence-corrected chi connectivity index (χ1v) is 12.6. The average Bonchev–Trinajstić information content (AvgIpc) is 3.50. The Labute approximate surface area is 199 Å². The zero-order valence-electron chi connectivity index (χ0n) is 17.9. The molecule has 0 atom stereocenters. The number of fused-ring (bicyclic) bond motifs is 1. The number of nitrogens with zero attached hydrogens (tertiary/aromatic N) is 3. The molecule has 0 spiro atoms. The third-order valence-electron chi connectivity index (χ3n) is 5.75. The van der Waals surface area contributed by atoms with Crippen molar-refractivity contribution in [1.82, 2.24) is 14.9 Å². The second-order valence-corrected chi connectivity index (χ2v) is 9.80. The summed E-state index contributed by atoms with van der Waals surface area (Å²) >= 11 is 2.75. The van der Waals surface area contributed by atoms with Gasteiger partial charge in [-0.2, -0.15) is 0 Å². The number of anilines is 2. The summed E-state index contributed by atoms with van der Waals surface area (Å²) in [7, 11) is 0. The summed E-state index contributed by atoms with van der Waals surface area (Å²) in [6, 6.07) is 16.1. The Bertz CT molecular complexity index is 1250. The van der Waals surface area contributed by atoms with Gasteiger partial charge in [0.05, 0.1) is 15.7 Å². The van der Waals surface area contributed by atoms with E-state index in [1.54, 1.807) is 10.9 Å². The Balaban J connectivity index is 1.17. The van der Waals surface area contributed by atoms with Crippen molar-refractivity contribution in [1.29, 1.82) is 0 Å². The maximum atomic E-state index is 12.8. The Kier molecular flexibility index (Phi) is 6.43. The smallest absolute Gasteiger partial charge is 0.276 e. The second-order valence-electron chi connectivity index (χ2n) is 8.05. The van der Waals surface area contributed by atoms with Crippen LogP contribution in [-0.4, -0.2) is 39.8 Å². The molecule has 33 heavy (non-hydrogen) atoms. The summed E-state index contributed by atoms with van der Waals surface area (Å²) in [6.07, 6.45) is 1.71. The van der Waals surface area contributed by atoms with Gasteiger partial charge in [0.2, 0.25) is 5.91 Å². The number of aromatic nitrogens is 2. The third-order valence-corrected chi connectivity index (χ3v) is 7.27. The van der Waals surface area contributed by atoms with Gasteiger partial charge in [0.15, 0.2) is 5.13 Å². The predicted octanol–water partition coefficient (Wildman–Crippen LogP) is 4.86. The fourth-order valence-corrected chi connectivity index (χ4v) is 5.41. The van der Waals surface area contributed by atoms with Crippen LogP contribution in [0.15, 0.2) is 59.4 Å². The van der Waals surface area contributed by atoms with Gasteiger partial charge >= 0.3 is 0 Å². The number of piperidine rings is 1. The van der Waals surface area contributed by atoms with Crippen molar-refractivity contribution < 1.29 is 9.59 Å². The molecule has 2 amide bonds. The maximum Gasteiger partial charge on any atom is 0.276 e. The van der Waals surface area contributed by atoms with Crippen LogP contribution in [0.5, 0.6) is 0 Å². The highest BCUT2D eigenvalue weighted by Crippen LogP contribution is 2.29. The van der Waals surface area contributed by atoms with Crippen LogP contribution in [0.25, 0.3) is 10.2 Å². The minimum atomic E-state index is -0.276. The fourth-order valence-electron chi connectivity index (χ4n) is 3.98. The highest BCUT2D eigenvalue weighted by Gasteiger charge is 2.25. The zero-order chi connectivity index (χ0) is 22.6. The van der Waals surface area contributed by atoms with Crippen LogP contribution in [0, 0.1) is 5.92 Å². The molecule has 0 saturated carbocycles. The standard InChI is InChI=1S/C24H23N5O2S2/c30-22(17-8-10-29(11-9-17)13-16-4-2-1-3-5-16)26-18-6-7-19-21(12-18)33-24(27-19)28-23(31)20-14-32-15-25-20/h1-7,12,14-15,17H,8-11,13H2,(H,26,30)(H,27,28,31). The number of likely N-dealkylation sites (tertiary alicyclic amines) is 1. The number of nitrogens with one attached hydrogen (secondary N) is 2. The maximum absolute atomic E-state index is 12.8. The first kappa shape index (κ1) is 21.7. The van der Waals surface area contributed by atoms with Crippen molar-refractivity contribution in [2.75, 3.05) is 23.7 Å². The van der Waals surface area contributed by atoms with Gasteiger partial charge in [0.25, 0.3) is 5.91 Å². The molecule has 2 N–H and O–H groups in total. The molecular weight excluding hydrogens is 454 g/mol. The van der Waals surface area contributed by atoms with Gasteiger partial charge < -0.3 is 5.32 Å². The van der Waals surface area contributed by atoms with Gasteiger partial charge in [-0.05, 0) is 49.7 Å². The van der Waals surface area contributed by atoms with Crippen molar-refractivity contribution in [2.24, 2.45) is 5.92 Å². The van der Waals surface area contributed by atoms with E-state index in [2.05, 4.69) is 49.8 Å². The van der Waals surface area contributed by atoms with E-state index in [-0.39, 0.29) is 17.7 Å². The van der Waals surface area contributed by atoms with Gasteiger partial charge in [0.1, 0.15) is 5.69 Å². The monoisotopic (exact) mass is 477 g/mol. The first-order chi connectivity index (χ1) is 16.1. The van der Waals surface area contributed by atoms with Gasteiger partial charge in [-0.15, -0.1) is 11.3 Å². The van der Waals surface area contributed by atoms with E-state index in [0.717, 1.165) is 48.4 Å². The fraction of sp³-hybridized carbons (Fsp3) is 0.250. The molecule has 3 heterocycles. The quantitative estimate of drug-likeness (QED) is 0.414. The summed E-state index contributed by atoms with van der Waals surface area (Å²) in [5.74, 6) is -0.195. The number of thiazole rings is 2. The molecule has 1 saturated heterocycles. The van der Waals surface area contributed by atoms with Crippen LogP contribution < -0.4 is 10.6 Å². The number of carbonyl (C=O) groups is 2. The molecule has 0 unspecified atom stereocenters. The highest BCUT2D eigenvalue weighted by molar-refractivity contribution is 7.22. The van der Waals surface area contributed by atoms with Crippen LogP contribution in [0.1, 0.15) is 28.9 Å². The van der Waals surface area contributed by atoms with Crippen molar-refractivity contribution in [3.05, 3.63) is 70.7 Å². The molecule has 1 aliphatic rings. The summed E-state index contributed by atoms with van der Waals surface area (Å²) in [5, 5.41) is 8.06. The minimum absolute atomic E-state index is 0.0159. The average molecular weight is 478 g/mol. The number of amides is 2. The second kappa shape index (κ2) is 9.78. The largest absolute Gasteiger partial charge is 0.326 e. The van der Waals surface area contributed by atoms with Crippen molar-refractivity contribution in [3.8, 4) is 0 Å². The lowest BCUT2D eigenvalue weighted by Gasteiger charge is -2.31. The van der Waals surface area contributed by atoms with E-state index in [0.29, 0.717) is 10.8 Å². The topological polar surface area (TPSA) is 87.2 Å². The van der Waals surface area contributed by atoms with E-state index < -0.39 is 0 Å². The molecule has 0 bridgehead atoms. The van der Waals surface area contributed by atoms with E-state index in [1.807, 2.05) is 24.3 Å². The number of rotatable bonds is 6. The number of benzene rings is 2. The van der Waals surface area contributed by atoms with Crippen LogP contribution in [0.4, 0.5) is 10.8 Å². The Hall–Kier alpha value is -3.14. The van der Waals surface area contributed by atoms with E-state index in [1.165, 1.54) is 28.2 Å². The van der Waals surface area contributed by atoms with Crippen LogP contribution in [-0.2, 0) is 11.3 Å². The lowest BCUT2D eigenvalue weighted by molar-refractivity contribution is -0.121. The summed E-state index contributed by atoms with van der Waals surface area (Å²) < 4.78 is 0.902. The first-order valence-electron chi connectivity index (χ1n) is 10.8. The van der Waals surface area contributed by atoms with Crippen molar-refractivity contribution >= 4 is 55.5 Å². The third kappa shape index (κ3) is 5.27. The molecule has 0 aliphatic carbocycles. The summed E-state index contributed by atoms with van der Waals surface area (Å²) in [4.78, 5) is 35.9. The van der Waals surface area contributed by atoms with Crippen LogP contribution >= 0.6 is 22.7 Å². The SMILES string of the molecule is O=C(Nc1nc2ccc(NC(=O)C3CCN(Cc4ccccc4)CC3)cc2s1)c1cscn1. The van der Waals surface area contributed by atoms with Gasteiger partial charge in [-0.3, -0.25) is 19.8 Å². The molecular formula is C24H23N5O2S2. The molecule has 1 aliphatic heterocycles. The van der Waals surface area contributed by atoms with E-state index >= 15 is 0 Å². The lowest BCUT2D eigenvalue weighted by Crippen LogP contribution is -2.37. The molecule has 7 nitrogen and oxygen atoms in total. The van der Waals surface area contributed by atoms with E-state index in [9.17, 15) is 9.59 Å². The summed E-state index contributed by atoms with van der Waals surface area (Å²) in [6.45, 7) is 2.77. The zero-order valence-corrected chi connectivity index (χ0v) is 19.5. The minimum Gasteiger partial charge on any atom is -0.326 e. The van der Waals surface area contributed by atoms with Gasteiger partial charge in [0, 0.05) is 23.5 Å². The van der Waals surface area contributed by atoms with Crippen LogP contribution in [0.3, 0.4) is 0 Å². The number of hydrogen-bond donors (Lipinski definition) is 2. The predicted molar refractivity (Wildman–Crippen MR) is 133 cm³/mol. The number of hydrogen-bond acceptors (Lipinski definition) is 7. The summed E-state index contributed by atoms with van der Waals surface area (Å²) in [5.41, 5.74) is 4.83. The molecule has 5 rings (SSSR count). The number of carbonyl (C=O) groups excluding carboxylic acids is 2. The van der Waals surface area contributed by atoms with Crippen LogP contribution in [0.2, 0.25) is 0 Å². The molecule has 2 aromatic heterocycles. The Morgan fingerprint density at radius 1 is 1.06 bits per heavy atom. The van der Waals surface area contributed by atoms with E-state index in [4.69, 9.17) is 0 Å². The molecule has 4 aromatic rings. The normalized spacial score (nSPS) is 14.9. The molecule has 9 heteroatoms. The molecule has 168 valence electrons. The Morgan fingerprint density at radius 3 is 2.64 bits per heavy atom. The lowest BCUT2D eigenvalue weighted by atomic mass is 9.95. The highest BCUT2D eigenvalue weighted by atomic mass is 32.1. The van der Waals surface area contributed by atoms with Crippen molar-refractivity contribution in [2.45, 2.75) is 19.4 Å². The van der Waals surface area contributed by atoms with Gasteiger partial charge in [-0.1, -0.05) is 41.7 Å². The molecule has 0 radical (unpaired) electrons. The van der Waals surface area contributed by atoms with Crippen molar-refractivity contribution in [3.63, 3.8) is 0 Å². The Morgan fingerprint density at radius 2 is 1.88 bits per heavy atom.